The van der Waals surface area contributed by atoms with Crippen LogP contribution in [-0.4, -0.2) is 10.8 Å². The van der Waals surface area contributed by atoms with E-state index < -0.39 is 0 Å². The summed E-state index contributed by atoms with van der Waals surface area (Å²) in [5.74, 6) is 0.146. The van der Waals surface area contributed by atoms with Gasteiger partial charge in [-0.05, 0) is 74.4 Å². The Hall–Kier alpha value is -1.67. The molecule has 0 saturated carbocycles. The van der Waals surface area contributed by atoms with Crippen molar-refractivity contribution >= 4 is 18.2 Å². The fraction of sp³-hybridized carbons (Fsp3) is 0.368. The summed E-state index contributed by atoms with van der Waals surface area (Å²) < 4.78 is 0. The average Bonchev–Trinajstić information content (AvgIpc) is 2.49. The summed E-state index contributed by atoms with van der Waals surface area (Å²) in [7, 11) is 0. The highest BCUT2D eigenvalue weighted by Crippen LogP contribution is 2.34. The molecule has 3 heteroatoms. The highest BCUT2D eigenvalue weighted by atomic mass is 35.5. The van der Waals surface area contributed by atoms with Gasteiger partial charge in [-0.3, -0.25) is 9.78 Å². The summed E-state index contributed by atoms with van der Waals surface area (Å²) in [6.45, 7) is 6.25. The first-order chi connectivity index (χ1) is 10.1. The second kappa shape index (κ2) is 6.62. The molecule has 1 heterocycles. The van der Waals surface area contributed by atoms with E-state index in [1.807, 2.05) is 30.5 Å². The molecule has 1 aromatic carbocycles. The van der Waals surface area contributed by atoms with E-state index in [-0.39, 0.29) is 24.1 Å². The van der Waals surface area contributed by atoms with E-state index in [1.165, 1.54) is 22.3 Å². The summed E-state index contributed by atoms with van der Waals surface area (Å²) in [6.07, 6.45) is 4.86. The number of aryl methyl sites for hydroxylation is 3. The van der Waals surface area contributed by atoms with E-state index in [1.54, 1.807) is 0 Å². The van der Waals surface area contributed by atoms with Gasteiger partial charge in [-0.25, -0.2) is 0 Å². The smallest absolute Gasteiger partial charge is 0.171 e. The fourth-order valence-electron chi connectivity index (χ4n) is 3.21. The lowest BCUT2D eigenvalue weighted by Gasteiger charge is -2.24. The Morgan fingerprint density at radius 2 is 1.86 bits per heavy atom. The zero-order valence-electron chi connectivity index (χ0n) is 13.3. The molecule has 0 bridgehead atoms. The molecule has 1 atom stereocenters. The molecule has 0 saturated heterocycles. The van der Waals surface area contributed by atoms with Crippen molar-refractivity contribution in [3.8, 4) is 0 Å². The van der Waals surface area contributed by atoms with Crippen molar-refractivity contribution in [3.05, 3.63) is 64.0 Å². The van der Waals surface area contributed by atoms with Gasteiger partial charge < -0.3 is 0 Å². The molecule has 1 aliphatic carbocycles. The third-order valence-electron chi connectivity index (χ3n) is 4.68. The number of hydrogen-bond donors (Lipinski definition) is 0. The van der Waals surface area contributed by atoms with Crippen molar-refractivity contribution in [1.29, 1.82) is 0 Å². The van der Waals surface area contributed by atoms with Gasteiger partial charge in [0.1, 0.15) is 0 Å². The molecule has 2 nitrogen and oxygen atoms in total. The van der Waals surface area contributed by atoms with E-state index in [4.69, 9.17) is 0 Å². The highest BCUT2D eigenvalue weighted by molar-refractivity contribution is 6.01. The van der Waals surface area contributed by atoms with E-state index in [0.29, 0.717) is 0 Å². The van der Waals surface area contributed by atoms with Gasteiger partial charge in [-0.1, -0.05) is 12.1 Å². The Morgan fingerprint density at radius 1 is 1.09 bits per heavy atom. The van der Waals surface area contributed by atoms with Gasteiger partial charge in [0, 0.05) is 11.8 Å². The van der Waals surface area contributed by atoms with E-state index >= 15 is 0 Å². The van der Waals surface area contributed by atoms with E-state index in [9.17, 15) is 4.79 Å². The van der Waals surface area contributed by atoms with Crippen molar-refractivity contribution in [2.45, 2.75) is 46.0 Å². The number of benzene rings is 1. The summed E-state index contributed by atoms with van der Waals surface area (Å²) in [5.41, 5.74) is 6.77. The third kappa shape index (κ3) is 2.93. The monoisotopic (exact) mass is 315 g/mol. The van der Waals surface area contributed by atoms with Crippen LogP contribution in [0.1, 0.15) is 57.1 Å². The Labute approximate surface area is 138 Å². The number of pyridine rings is 1. The minimum Gasteiger partial charge on any atom is -0.293 e. The first kappa shape index (κ1) is 16.7. The van der Waals surface area contributed by atoms with Crippen molar-refractivity contribution in [1.82, 2.24) is 4.98 Å². The third-order valence-corrected chi connectivity index (χ3v) is 4.68. The number of hydrogen-bond acceptors (Lipinski definition) is 2. The lowest BCUT2D eigenvalue weighted by Crippen LogP contribution is -2.21. The molecule has 0 fully saturated rings. The van der Waals surface area contributed by atoms with Crippen LogP contribution in [0.4, 0.5) is 0 Å². The van der Waals surface area contributed by atoms with Crippen LogP contribution < -0.4 is 0 Å². The molecule has 1 unspecified atom stereocenters. The molecule has 116 valence electrons. The molecule has 0 N–H and O–H groups in total. The molecule has 3 rings (SSSR count). The van der Waals surface area contributed by atoms with Crippen molar-refractivity contribution in [3.63, 3.8) is 0 Å². The number of carbonyl (C=O) groups is 1. The first-order valence-electron chi connectivity index (χ1n) is 7.64. The lowest BCUT2D eigenvalue weighted by molar-refractivity contribution is 0.0949. The molecule has 0 spiro atoms. The van der Waals surface area contributed by atoms with Crippen LogP contribution in [0.3, 0.4) is 0 Å². The molecule has 1 aromatic heterocycles. The van der Waals surface area contributed by atoms with E-state index in [0.717, 1.165) is 30.5 Å². The van der Waals surface area contributed by atoms with Gasteiger partial charge in [0.15, 0.2) is 5.78 Å². The topological polar surface area (TPSA) is 30.0 Å². The van der Waals surface area contributed by atoms with Crippen LogP contribution in [0.15, 0.2) is 30.5 Å². The Morgan fingerprint density at radius 3 is 2.59 bits per heavy atom. The number of aromatic nitrogens is 1. The maximum absolute atomic E-state index is 12.9. The highest BCUT2D eigenvalue weighted by Gasteiger charge is 2.29. The van der Waals surface area contributed by atoms with Crippen molar-refractivity contribution < 1.29 is 4.79 Å². The van der Waals surface area contributed by atoms with Gasteiger partial charge in [-0.15, -0.1) is 12.4 Å². The number of nitrogens with zero attached hydrogens (tertiary/aromatic N) is 1. The quantitative estimate of drug-likeness (QED) is 0.750. The van der Waals surface area contributed by atoms with Crippen LogP contribution >= 0.6 is 12.4 Å². The minimum atomic E-state index is -0.0734. The van der Waals surface area contributed by atoms with Gasteiger partial charge in [0.2, 0.25) is 0 Å². The summed E-state index contributed by atoms with van der Waals surface area (Å²) in [4.78, 5) is 17.4. The summed E-state index contributed by atoms with van der Waals surface area (Å²) >= 11 is 0. The number of fused-ring (bicyclic) bond motifs is 1. The fourth-order valence-corrected chi connectivity index (χ4v) is 3.21. The van der Waals surface area contributed by atoms with Gasteiger partial charge in [-0.2, -0.15) is 0 Å². The van der Waals surface area contributed by atoms with Crippen LogP contribution in [0, 0.1) is 20.8 Å². The molecule has 0 amide bonds. The minimum absolute atomic E-state index is 0. The predicted molar refractivity (Wildman–Crippen MR) is 92.1 cm³/mol. The van der Waals surface area contributed by atoms with Crippen molar-refractivity contribution in [2.24, 2.45) is 0 Å². The normalized spacial score (nSPS) is 16.6. The Bertz CT molecular complexity index is 709. The molecule has 1 aliphatic rings. The molecule has 0 aliphatic heterocycles. The SMILES string of the molecule is Cc1ccc(C(=O)C2CCCc3c(C)ccnc32)cc1C.Cl. The predicted octanol–water partition coefficient (Wildman–Crippen LogP) is 4.73. The Kier molecular flexibility index (Phi) is 5.02. The zero-order valence-corrected chi connectivity index (χ0v) is 14.2. The number of ketones is 1. The van der Waals surface area contributed by atoms with Crippen LogP contribution in [0.25, 0.3) is 0 Å². The Balaban J connectivity index is 0.00000176. The molecule has 22 heavy (non-hydrogen) atoms. The molecular formula is C19H22ClNO. The maximum Gasteiger partial charge on any atom is 0.171 e. The number of Topliss-reactive ketones (excluding diaryl/α,β-unsaturated/α-hetero) is 1. The maximum atomic E-state index is 12.9. The van der Waals surface area contributed by atoms with Gasteiger partial charge >= 0.3 is 0 Å². The van der Waals surface area contributed by atoms with E-state index in [2.05, 4.69) is 25.8 Å². The second-order valence-electron chi connectivity index (χ2n) is 6.10. The largest absolute Gasteiger partial charge is 0.293 e. The summed E-state index contributed by atoms with van der Waals surface area (Å²) in [6, 6.07) is 8.05. The number of halogens is 1. The number of carbonyl (C=O) groups excluding carboxylic acids is 1. The van der Waals surface area contributed by atoms with Gasteiger partial charge in [0.25, 0.3) is 0 Å². The lowest BCUT2D eigenvalue weighted by atomic mass is 9.80. The average molecular weight is 316 g/mol. The van der Waals surface area contributed by atoms with Crippen LogP contribution in [-0.2, 0) is 6.42 Å². The zero-order chi connectivity index (χ0) is 15.0. The molecule has 2 aromatic rings. The van der Waals surface area contributed by atoms with Crippen molar-refractivity contribution in [2.75, 3.05) is 0 Å². The second-order valence-corrected chi connectivity index (χ2v) is 6.10. The van der Waals surface area contributed by atoms with Gasteiger partial charge in [0.05, 0.1) is 11.6 Å². The standard InChI is InChI=1S/C19H21NO.ClH/c1-12-7-8-15(11-14(12)3)19(21)17-6-4-5-16-13(2)9-10-20-18(16)17;/h7-11,17H,4-6H2,1-3H3;1H. The summed E-state index contributed by atoms with van der Waals surface area (Å²) in [5, 5.41) is 0. The first-order valence-corrected chi connectivity index (χ1v) is 7.64. The van der Waals surface area contributed by atoms with Crippen LogP contribution in [0.5, 0.6) is 0 Å². The van der Waals surface area contributed by atoms with Crippen LogP contribution in [0.2, 0.25) is 0 Å². The number of rotatable bonds is 2. The molecule has 0 radical (unpaired) electrons. The molecular weight excluding hydrogens is 294 g/mol.